The summed E-state index contributed by atoms with van der Waals surface area (Å²) in [5.74, 6) is 0.389. The van der Waals surface area contributed by atoms with Gasteiger partial charge >= 0.3 is 0 Å². The van der Waals surface area contributed by atoms with E-state index in [1.54, 1.807) is 0 Å². The second-order valence-corrected chi connectivity index (χ2v) is 7.40. The van der Waals surface area contributed by atoms with E-state index in [1.807, 2.05) is 0 Å². The van der Waals surface area contributed by atoms with Crippen molar-refractivity contribution in [2.45, 2.75) is 63.9 Å². The molecule has 2 atom stereocenters. The first-order valence-corrected chi connectivity index (χ1v) is 9.21. The minimum Gasteiger partial charge on any atom is -0.385 e. The molecule has 1 N–H and O–H groups in total. The molecule has 2 nitrogen and oxygen atoms in total. The number of hydrogen-bond acceptors (Lipinski definition) is 2. The molecule has 3 rings (SSSR count). The van der Waals surface area contributed by atoms with Crippen LogP contribution in [0.5, 0.6) is 0 Å². The van der Waals surface area contributed by atoms with E-state index in [2.05, 4.69) is 36.1 Å². The summed E-state index contributed by atoms with van der Waals surface area (Å²) in [5, 5.41) is 11.6. The Morgan fingerprint density at radius 2 is 1.77 bits per heavy atom. The van der Waals surface area contributed by atoms with Crippen molar-refractivity contribution in [2.75, 3.05) is 19.6 Å². The molecule has 1 saturated carbocycles. The van der Waals surface area contributed by atoms with Crippen molar-refractivity contribution in [1.82, 2.24) is 4.90 Å². The number of rotatable bonds is 3. The molecule has 0 radical (unpaired) electrons. The lowest BCUT2D eigenvalue weighted by Gasteiger charge is -2.43. The zero-order chi connectivity index (χ0) is 15.4. The van der Waals surface area contributed by atoms with E-state index in [4.69, 9.17) is 0 Å². The lowest BCUT2D eigenvalue weighted by molar-refractivity contribution is -0.0658. The van der Waals surface area contributed by atoms with Crippen LogP contribution in [0.2, 0.25) is 0 Å². The smallest absolute Gasteiger partial charge is 0.0939 e. The predicted octanol–water partition coefficient (Wildman–Crippen LogP) is 4.25. The van der Waals surface area contributed by atoms with Crippen molar-refractivity contribution < 1.29 is 5.11 Å². The van der Waals surface area contributed by atoms with Gasteiger partial charge in [0, 0.05) is 12.5 Å². The van der Waals surface area contributed by atoms with E-state index in [0.717, 1.165) is 19.4 Å². The number of aliphatic hydroxyl groups is 1. The minimum atomic E-state index is -0.615. The van der Waals surface area contributed by atoms with Crippen molar-refractivity contribution in [2.24, 2.45) is 5.92 Å². The largest absolute Gasteiger partial charge is 0.385 e. The van der Waals surface area contributed by atoms with Gasteiger partial charge in [-0.2, -0.15) is 0 Å². The summed E-state index contributed by atoms with van der Waals surface area (Å²) >= 11 is 0. The highest BCUT2D eigenvalue weighted by Gasteiger charge is 2.41. The summed E-state index contributed by atoms with van der Waals surface area (Å²) < 4.78 is 0. The average molecular weight is 301 g/mol. The molecule has 22 heavy (non-hydrogen) atoms. The summed E-state index contributed by atoms with van der Waals surface area (Å²) in [7, 11) is 0. The lowest BCUT2D eigenvalue weighted by atomic mass is 9.70. The summed E-state index contributed by atoms with van der Waals surface area (Å²) in [6.45, 7) is 5.66. The van der Waals surface area contributed by atoms with Crippen LogP contribution in [-0.2, 0) is 5.60 Å². The minimum absolute atomic E-state index is 0.389. The quantitative estimate of drug-likeness (QED) is 0.902. The fourth-order valence-corrected chi connectivity index (χ4v) is 4.51. The van der Waals surface area contributed by atoms with Crippen LogP contribution in [0.1, 0.15) is 62.5 Å². The van der Waals surface area contributed by atoms with Crippen molar-refractivity contribution in [1.29, 1.82) is 0 Å². The SMILES string of the molecule is Cc1ccccc1C1(O)CCCCC1CN1CCCCCC1. The van der Waals surface area contributed by atoms with E-state index in [0.29, 0.717) is 5.92 Å². The van der Waals surface area contributed by atoms with Crippen LogP contribution in [0.15, 0.2) is 24.3 Å². The first kappa shape index (κ1) is 16.0. The van der Waals surface area contributed by atoms with E-state index in [1.165, 1.54) is 62.7 Å². The Labute approximate surface area is 135 Å². The molecule has 2 aliphatic rings. The van der Waals surface area contributed by atoms with E-state index < -0.39 is 5.60 Å². The third-order valence-electron chi connectivity index (χ3n) is 5.82. The fourth-order valence-electron chi connectivity index (χ4n) is 4.51. The third-order valence-corrected chi connectivity index (χ3v) is 5.82. The second kappa shape index (κ2) is 7.14. The molecule has 2 fully saturated rings. The normalized spacial score (nSPS) is 30.9. The number of aryl methyl sites for hydroxylation is 1. The molecule has 122 valence electrons. The molecule has 1 aromatic carbocycles. The maximum Gasteiger partial charge on any atom is 0.0939 e. The van der Waals surface area contributed by atoms with Gasteiger partial charge in [-0.25, -0.2) is 0 Å². The van der Waals surface area contributed by atoms with Crippen LogP contribution in [0.3, 0.4) is 0 Å². The molecule has 1 aromatic rings. The maximum atomic E-state index is 11.6. The topological polar surface area (TPSA) is 23.5 Å². The molecule has 2 heteroatoms. The van der Waals surface area contributed by atoms with Crippen molar-refractivity contribution >= 4 is 0 Å². The molecule has 1 saturated heterocycles. The van der Waals surface area contributed by atoms with Crippen molar-refractivity contribution in [3.8, 4) is 0 Å². The zero-order valence-electron chi connectivity index (χ0n) is 14.1. The van der Waals surface area contributed by atoms with E-state index in [-0.39, 0.29) is 0 Å². The standard InChI is InChI=1S/C20H31NO/c1-17-10-4-5-12-19(17)20(22)13-7-6-11-18(20)16-21-14-8-2-3-9-15-21/h4-5,10,12,18,22H,2-3,6-9,11,13-16H2,1H3. The van der Waals surface area contributed by atoms with Crippen LogP contribution in [0.25, 0.3) is 0 Å². The van der Waals surface area contributed by atoms with Gasteiger partial charge in [-0.3, -0.25) is 0 Å². The molecule has 0 amide bonds. The van der Waals surface area contributed by atoms with Gasteiger partial charge < -0.3 is 10.0 Å². The number of likely N-dealkylation sites (tertiary alicyclic amines) is 1. The Kier molecular flexibility index (Phi) is 5.20. The fraction of sp³-hybridized carbons (Fsp3) is 0.700. The highest BCUT2D eigenvalue weighted by Crippen LogP contribution is 2.43. The number of nitrogens with zero attached hydrogens (tertiary/aromatic N) is 1. The molecular formula is C20H31NO. The van der Waals surface area contributed by atoms with Crippen LogP contribution >= 0.6 is 0 Å². The Morgan fingerprint density at radius 1 is 1.05 bits per heavy atom. The Balaban J connectivity index is 1.79. The van der Waals surface area contributed by atoms with Crippen LogP contribution in [0, 0.1) is 12.8 Å². The molecule has 0 spiro atoms. The molecule has 0 bridgehead atoms. The van der Waals surface area contributed by atoms with Gasteiger partial charge in [0.1, 0.15) is 0 Å². The summed E-state index contributed by atoms with van der Waals surface area (Å²) in [5.41, 5.74) is 1.80. The summed E-state index contributed by atoms with van der Waals surface area (Å²) in [6.07, 6.45) is 9.93. The first-order chi connectivity index (χ1) is 10.7. The number of hydrogen-bond donors (Lipinski definition) is 1. The van der Waals surface area contributed by atoms with E-state index in [9.17, 15) is 5.11 Å². The summed E-state index contributed by atoms with van der Waals surface area (Å²) in [4.78, 5) is 2.62. The van der Waals surface area contributed by atoms with E-state index >= 15 is 0 Å². The highest BCUT2D eigenvalue weighted by molar-refractivity contribution is 5.32. The molecule has 1 heterocycles. The van der Waals surface area contributed by atoms with Crippen LogP contribution in [0.4, 0.5) is 0 Å². The zero-order valence-corrected chi connectivity index (χ0v) is 14.1. The highest BCUT2D eigenvalue weighted by atomic mass is 16.3. The van der Waals surface area contributed by atoms with Gasteiger partial charge in [0.2, 0.25) is 0 Å². The second-order valence-electron chi connectivity index (χ2n) is 7.40. The maximum absolute atomic E-state index is 11.6. The van der Waals surface area contributed by atoms with Gasteiger partial charge in [0.15, 0.2) is 0 Å². The molecule has 0 aromatic heterocycles. The van der Waals surface area contributed by atoms with Crippen LogP contribution in [-0.4, -0.2) is 29.6 Å². The van der Waals surface area contributed by atoms with Crippen molar-refractivity contribution in [3.63, 3.8) is 0 Å². The Morgan fingerprint density at radius 3 is 2.50 bits per heavy atom. The van der Waals surface area contributed by atoms with Gasteiger partial charge in [-0.15, -0.1) is 0 Å². The first-order valence-electron chi connectivity index (χ1n) is 9.21. The Bertz CT molecular complexity index is 478. The lowest BCUT2D eigenvalue weighted by Crippen LogP contribution is -2.45. The monoisotopic (exact) mass is 301 g/mol. The van der Waals surface area contributed by atoms with Gasteiger partial charge in [-0.05, 0) is 56.8 Å². The van der Waals surface area contributed by atoms with Crippen molar-refractivity contribution in [3.05, 3.63) is 35.4 Å². The van der Waals surface area contributed by atoms with Gasteiger partial charge in [0.05, 0.1) is 5.60 Å². The Hall–Kier alpha value is -0.860. The third kappa shape index (κ3) is 3.38. The average Bonchev–Trinajstić information content (AvgIpc) is 2.79. The number of benzene rings is 1. The molecule has 1 aliphatic heterocycles. The van der Waals surface area contributed by atoms with Gasteiger partial charge in [0.25, 0.3) is 0 Å². The molecular weight excluding hydrogens is 270 g/mol. The van der Waals surface area contributed by atoms with Gasteiger partial charge in [-0.1, -0.05) is 49.9 Å². The molecule has 1 aliphatic carbocycles. The predicted molar refractivity (Wildman–Crippen MR) is 91.9 cm³/mol. The van der Waals surface area contributed by atoms with Crippen LogP contribution < -0.4 is 0 Å². The molecule has 2 unspecified atom stereocenters. The summed E-state index contributed by atoms with van der Waals surface area (Å²) in [6, 6.07) is 8.45.